The first kappa shape index (κ1) is 23.2. The van der Waals surface area contributed by atoms with Crippen LogP contribution in [-0.2, 0) is 25.8 Å². The van der Waals surface area contributed by atoms with Crippen molar-refractivity contribution in [2.24, 2.45) is 0 Å². The Morgan fingerprint density at radius 3 is 1.04 bits per heavy atom. The predicted molar refractivity (Wildman–Crippen MR) is 86.5 cm³/mol. The molecule has 0 nitrogen and oxygen atoms in total. The summed E-state index contributed by atoms with van der Waals surface area (Å²) < 4.78 is 0. The predicted octanol–water partition coefficient (Wildman–Crippen LogP) is 0.132. The molecule has 2 aliphatic rings. The summed E-state index contributed by atoms with van der Waals surface area (Å²) in [6, 6.07) is 17.6. The van der Waals surface area contributed by atoms with Crippen LogP contribution >= 0.6 is 0 Å². The molecule has 2 aliphatic carbocycles. The maximum absolute atomic E-state index is 2.26. The third kappa shape index (κ3) is 6.88. The quantitative estimate of drug-likeness (QED) is 0.394. The van der Waals surface area contributed by atoms with Gasteiger partial charge in [-0.1, -0.05) is 63.2 Å². The van der Waals surface area contributed by atoms with Gasteiger partial charge in [-0.3, -0.25) is 0 Å². The van der Waals surface area contributed by atoms with Gasteiger partial charge in [-0.2, -0.15) is 35.4 Å². The fourth-order valence-corrected chi connectivity index (χ4v) is 3.84. The summed E-state index contributed by atoms with van der Waals surface area (Å²) in [4.78, 5) is 0. The van der Waals surface area contributed by atoms with Crippen molar-refractivity contribution in [3.8, 4) is 0 Å². The average molecular weight is 516 g/mol. The maximum atomic E-state index is 2.26. The molecule has 0 heterocycles. The Hall–Kier alpha value is 0.150. The van der Waals surface area contributed by atoms with E-state index in [9.17, 15) is 0 Å². The van der Waals surface area contributed by atoms with Crippen LogP contribution in [0.5, 0.6) is 0 Å². The Bertz CT molecular complexity index is 417. The first-order chi connectivity index (χ1) is 9.93. The Labute approximate surface area is 172 Å². The molecular formula is C20H26Cl2Hf. The van der Waals surface area contributed by atoms with Gasteiger partial charge in [0.1, 0.15) is 0 Å². The van der Waals surface area contributed by atoms with Crippen molar-refractivity contribution >= 4 is 0 Å². The van der Waals surface area contributed by atoms with Gasteiger partial charge in [-0.25, -0.2) is 24.3 Å². The van der Waals surface area contributed by atoms with Crippen molar-refractivity contribution in [3.05, 3.63) is 59.7 Å². The maximum Gasteiger partial charge on any atom is 4.00 e. The van der Waals surface area contributed by atoms with Crippen LogP contribution in [0, 0.1) is 0 Å². The Morgan fingerprint density at radius 1 is 0.522 bits per heavy atom. The third-order valence-electron chi connectivity index (χ3n) is 5.03. The fraction of sp³-hybridized carbons (Fsp3) is 0.500. The van der Waals surface area contributed by atoms with Crippen LogP contribution in [-0.4, -0.2) is 0 Å². The van der Waals surface area contributed by atoms with Gasteiger partial charge in [-0.15, -0.1) is 0 Å². The van der Waals surface area contributed by atoms with E-state index in [2.05, 4.69) is 48.5 Å². The molecule has 2 saturated carbocycles. The van der Waals surface area contributed by atoms with E-state index in [4.69, 9.17) is 0 Å². The van der Waals surface area contributed by atoms with Crippen LogP contribution in [0.25, 0.3) is 0 Å². The van der Waals surface area contributed by atoms with Gasteiger partial charge < -0.3 is 24.8 Å². The number of halogens is 2. The molecule has 2 aromatic rings. The summed E-state index contributed by atoms with van der Waals surface area (Å²) in [5.41, 5.74) is 3.13. The van der Waals surface area contributed by atoms with Crippen LogP contribution in [0.15, 0.2) is 48.5 Å². The van der Waals surface area contributed by atoms with E-state index < -0.39 is 0 Å². The monoisotopic (exact) mass is 516 g/mol. The smallest absolute Gasteiger partial charge is 1.00 e. The van der Waals surface area contributed by atoms with E-state index >= 15 is 0 Å². The molecular weight excluding hydrogens is 490 g/mol. The first-order valence-corrected chi connectivity index (χ1v) is 8.37. The minimum absolute atomic E-state index is 0. The van der Waals surface area contributed by atoms with E-state index in [0.29, 0.717) is 0 Å². The number of hydrogen-bond donors (Lipinski definition) is 0. The minimum Gasteiger partial charge on any atom is -1.00 e. The van der Waals surface area contributed by atoms with E-state index in [1.165, 1.54) is 51.4 Å². The summed E-state index contributed by atoms with van der Waals surface area (Å²) in [5.74, 6) is 1.80. The van der Waals surface area contributed by atoms with Crippen LogP contribution in [0.1, 0.15) is 74.3 Å². The van der Waals surface area contributed by atoms with Crippen molar-refractivity contribution < 1.29 is 50.7 Å². The van der Waals surface area contributed by atoms with Crippen molar-refractivity contribution in [2.75, 3.05) is 0 Å². The first-order valence-electron chi connectivity index (χ1n) is 8.37. The zero-order valence-corrected chi connectivity index (χ0v) is 18.8. The molecule has 4 rings (SSSR count). The van der Waals surface area contributed by atoms with E-state index in [0.717, 1.165) is 11.8 Å². The van der Waals surface area contributed by atoms with Crippen molar-refractivity contribution in [2.45, 2.75) is 63.2 Å². The number of hydrogen-bond acceptors (Lipinski definition) is 0. The van der Waals surface area contributed by atoms with Crippen LogP contribution in [0.2, 0.25) is 0 Å². The van der Waals surface area contributed by atoms with Gasteiger partial charge in [-0.05, 0) is 0 Å². The molecule has 0 aromatic heterocycles. The molecule has 0 unspecified atom stereocenters. The summed E-state index contributed by atoms with van der Waals surface area (Å²) in [7, 11) is 0. The van der Waals surface area contributed by atoms with Gasteiger partial charge in [0, 0.05) is 0 Å². The van der Waals surface area contributed by atoms with Crippen molar-refractivity contribution in [1.82, 2.24) is 0 Å². The molecule has 0 spiro atoms. The van der Waals surface area contributed by atoms with Crippen LogP contribution < -0.4 is 24.8 Å². The average Bonchev–Trinajstić information content (AvgIpc) is 3.29. The number of rotatable bonds is 2. The second-order valence-electron chi connectivity index (χ2n) is 6.40. The van der Waals surface area contributed by atoms with Crippen molar-refractivity contribution in [1.29, 1.82) is 0 Å². The molecule has 2 fully saturated rings. The van der Waals surface area contributed by atoms with E-state index in [1.54, 1.807) is 11.1 Å². The van der Waals surface area contributed by atoms with Gasteiger partial charge in [0.25, 0.3) is 0 Å². The molecule has 0 amide bonds. The van der Waals surface area contributed by atoms with Crippen molar-refractivity contribution in [3.63, 3.8) is 0 Å². The standard InChI is InChI=1S/2C10H13.2ClH.Hf/c2*1-2-6-9(5-1)10-7-3-4-8-10;;;/h2*1-2,5-6,10H,3-4,7-8H2;2*1H;/q2*-1;;;+4/p-2. The normalized spacial score (nSPS) is 17.4. The van der Waals surface area contributed by atoms with Gasteiger partial charge in [0.05, 0.1) is 0 Å². The Morgan fingerprint density at radius 2 is 0.783 bits per heavy atom. The zero-order chi connectivity index (χ0) is 13.6. The molecule has 0 radical (unpaired) electrons. The molecule has 124 valence electrons. The largest absolute Gasteiger partial charge is 4.00 e. The molecule has 2 aromatic carbocycles. The zero-order valence-electron chi connectivity index (χ0n) is 13.7. The molecule has 0 atom stereocenters. The van der Waals surface area contributed by atoms with E-state index in [-0.39, 0.29) is 50.7 Å². The van der Waals surface area contributed by atoms with Gasteiger partial charge in [0.15, 0.2) is 0 Å². The second-order valence-corrected chi connectivity index (χ2v) is 6.40. The van der Waals surface area contributed by atoms with Crippen LogP contribution in [0.3, 0.4) is 0 Å². The topological polar surface area (TPSA) is 0 Å². The van der Waals surface area contributed by atoms with Gasteiger partial charge in [0.2, 0.25) is 0 Å². The summed E-state index contributed by atoms with van der Waals surface area (Å²) in [6.07, 6.45) is 11.4. The molecule has 0 saturated heterocycles. The molecule has 0 aliphatic heterocycles. The molecule has 3 heteroatoms. The molecule has 0 N–H and O–H groups in total. The SMILES string of the molecule is [Cl-].[Cl-].[Hf+4].c1cc[c-](C2CCCC2)c1.c1cc[c-](C2CCCC2)c1. The fourth-order valence-electron chi connectivity index (χ4n) is 3.84. The molecule has 0 bridgehead atoms. The van der Waals surface area contributed by atoms with Gasteiger partial charge >= 0.3 is 25.8 Å². The van der Waals surface area contributed by atoms with Crippen LogP contribution in [0.4, 0.5) is 0 Å². The molecule has 23 heavy (non-hydrogen) atoms. The van der Waals surface area contributed by atoms with E-state index in [1.807, 2.05) is 0 Å². The third-order valence-corrected chi connectivity index (χ3v) is 5.03. The summed E-state index contributed by atoms with van der Waals surface area (Å²) >= 11 is 0. The minimum atomic E-state index is 0. The second kappa shape index (κ2) is 12.5. The summed E-state index contributed by atoms with van der Waals surface area (Å²) in [5, 5.41) is 0. The Balaban J connectivity index is 0.000000372. The summed E-state index contributed by atoms with van der Waals surface area (Å²) in [6.45, 7) is 0. The Kier molecular flexibility index (Phi) is 12.6.